The Kier molecular flexibility index (Phi) is 8.57. The molecular formula is C30H36INO10. The second kappa shape index (κ2) is 11.1. The van der Waals surface area contributed by atoms with Crippen molar-refractivity contribution in [3.05, 3.63) is 51.6 Å². The molecule has 42 heavy (non-hydrogen) atoms. The Balaban J connectivity index is 0.00000405. The van der Waals surface area contributed by atoms with E-state index < -0.39 is 76.6 Å². The van der Waals surface area contributed by atoms with Gasteiger partial charge >= 0.3 is 0 Å². The topological polar surface area (TPSA) is 160 Å². The number of likely N-dealkylation sites (N-methyl/N-ethyl adjacent to an activating group) is 1. The van der Waals surface area contributed by atoms with Gasteiger partial charge in [-0.15, -0.1) is 0 Å². The smallest absolute Gasteiger partial charge is 0.202 e. The molecular weight excluding hydrogens is 661 g/mol. The van der Waals surface area contributed by atoms with Crippen molar-refractivity contribution in [2.45, 2.75) is 69.4 Å². The highest BCUT2D eigenvalue weighted by atomic mass is 127. The van der Waals surface area contributed by atoms with Crippen LogP contribution in [0.2, 0.25) is 0 Å². The molecule has 5 rings (SSSR count). The number of fused-ring (bicyclic) bond motifs is 3. The Hall–Kier alpha value is -2.62. The average molecular weight is 698 g/mol. The van der Waals surface area contributed by atoms with Gasteiger partial charge in [0.15, 0.2) is 17.9 Å². The van der Waals surface area contributed by atoms with E-state index in [0.717, 1.165) is 0 Å². The zero-order chi connectivity index (χ0) is 30.2. The first-order valence-electron chi connectivity index (χ1n) is 13.5. The van der Waals surface area contributed by atoms with Crippen molar-refractivity contribution in [1.29, 1.82) is 0 Å². The highest BCUT2D eigenvalue weighted by Crippen LogP contribution is 2.52. The molecule has 0 amide bonds. The van der Waals surface area contributed by atoms with Crippen LogP contribution >= 0.6 is 0 Å². The maximum absolute atomic E-state index is 13.7. The molecule has 3 aliphatic rings. The number of phenolic OH excluding ortho intramolecular Hbond substituents is 2. The van der Waals surface area contributed by atoms with Crippen LogP contribution in [0.5, 0.6) is 17.2 Å². The number of phenols is 2. The number of aliphatic hydroxyl groups excluding tert-OH is 1. The van der Waals surface area contributed by atoms with Crippen molar-refractivity contribution in [2.24, 2.45) is 0 Å². The summed E-state index contributed by atoms with van der Waals surface area (Å²) in [6, 6.07) is 4.21. The van der Waals surface area contributed by atoms with Crippen molar-refractivity contribution in [2.75, 3.05) is 28.3 Å². The second-order valence-corrected chi connectivity index (χ2v) is 12.2. The third-order valence-electron chi connectivity index (χ3n) is 8.62. The number of Topliss-reactive ketones (excluding diaryl/α,β-unsaturated/α-hetero) is 1. The largest absolute Gasteiger partial charge is 1.00 e. The quantitative estimate of drug-likeness (QED) is 0.145. The van der Waals surface area contributed by atoms with E-state index in [-0.39, 0.29) is 70.9 Å². The number of nitrogens with zero attached hydrogens (tertiary/aromatic N) is 1. The van der Waals surface area contributed by atoms with Gasteiger partial charge in [-0.3, -0.25) is 14.4 Å². The van der Waals surface area contributed by atoms with E-state index in [1.165, 1.54) is 32.2 Å². The number of rotatable bonds is 5. The first-order chi connectivity index (χ1) is 19.1. The highest BCUT2D eigenvalue weighted by Gasteiger charge is 2.50. The van der Waals surface area contributed by atoms with Gasteiger partial charge in [-0.1, -0.05) is 12.1 Å². The number of carbonyl (C=O) groups excluding carboxylic acids is 3. The van der Waals surface area contributed by atoms with Crippen LogP contribution < -0.4 is 28.7 Å². The minimum absolute atomic E-state index is 0. The zero-order valence-electron chi connectivity index (χ0n) is 24.3. The van der Waals surface area contributed by atoms with E-state index in [1.807, 2.05) is 28.1 Å². The van der Waals surface area contributed by atoms with Gasteiger partial charge in [0.2, 0.25) is 5.78 Å². The van der Waals surface area contributed by atoms with Crippen LogP contribution in [-0.4, -0.2) is 101 Å². The van der Waals surface area contributed by atoms with Gasteiger partial charge in [0.25, 0.3) is 0 Å². The molecule has 0 radical (unpaired) electrons. The molecule has 0 bridgehead atoms. The number of aliphatic hydroxyl groups is 2. The van der Waals surface area contributed by atoms with E-state index in [0.29, 0.717) is 4.48 Å². The number of benzene rings is 2. The minimum Gasteiger partial charge on any atom is -1.00 e. The summed E-state index contributed by atoms with van der Waals surface area (Å²) in [5.74, 6) is -3.11. The number of methoxy groups -OCH3 is 1. The Labute approximate surface area is 260 Å². The summed E-state index contributed by atoms with van der Waals surface area (Å²) in [7, 11) is 7.17. The molecule has 1 aliphatic heterocycles. The first-order valence-corrected chi connectivity index (χ1v) is 13.5. The molecule has 0 aromatic heterocycles. The Morgan fingerprint density at radius 3 is 2.29 bits per heavy atom. The lowest BCUT2D eigenvalue weighted by Gasteiger charge is -2.46. The van der Waals surface area contributed by atoms with Crippen molar-refractivity contribution < 1.29 is 77.5 Å². The number of hydrogen-bond donors (Lipinski definition) is 4. The third kappa shape index (κ3) is 5.01. The maximum Gasteiger partial charge on any atom is 0.202 e. The predicted molar refractivity (Wildman–Crippen MR) is 144 cm³/mol. The lowest BCUT2D eigenvalue weighted by atomic mass is 9.72. The Bertz CT molecular complexity index is 1460. The summed E-state index contributed by atoms with van der Waals surface area (Å²) >= 11 is 0. The van der Waals surface area contributed by atoms with Crippen molar-refractivity contribution in [3.8, 4) is 17.2 Å². The first kappa shape index (κ1) is 32.3. The Morgan fingerprint density at radius 1 is 1.07 bits per heavy atom. The normalized spacial score (nSPS) is 28.7. The maximum atomic E-state index is 13.7. The molecule has 1 fully saturated rings. The lowest BCUT2D eigenvalue weighted by molar-refractivity contribution is -0.905. The van der Waals surface area contributed by atoms with Crippen molar-refractivity contribution in [1.82, 2.24) is 0 Å². The minimum atomic E-state index is -2.00. The van der Waals surface area contributed by atoms with E-state index in [2.05, 4.69) is 0 Å². The summed E-state index contributed by atoms with van der Waals surface area (Å²) in [5.41, 5.74) is -2.97. The number of quaternary nitrogens is 1. The molecule has 4 N–H and O–H groups in total. The molecule has 1 saturated heterocycles. The number of carbonyl (C=O) groups is 3. The van der Waals surface area contributed by atoms with Gasteiger partial charge < -0.3 is 63.1 Å². The standard InChI is InChI=1S/C30H35NO10.HI/c1-13-25(31(3,4)5)17(33)10-20(40-13)41-19-12-30(38,14(2)32)11-16-22(19)29(37)24-23(27(16)35)26(34)15-8-7-9-18(39-6)21(15)28(24)36;/h7-9,13,17,19-20,25,33,38H,10-12H2,1-6H3,(H-,34,35,36,37);1H/t13-,17-,19-,20+,25+,30-;/m0./s1. The SMILES string of the molecule is COc1cccc2c1C(=O)c1c(O)c3c(c(O)c1C2=O)C[C@@](O)(C(C)=O)C[C@@H]3O[C@@H]1C[C@H](O)[C@H]([N+](C)(C)C)[C@H](C)O1.[I-]. The summed E-state index contributed by atoms with van der Waals surface area (Å²) in [6.07, 6.45) is -4.13. The number of ether oxygens (including phenoxy) is 3. The molecule has 228 valence electrons. The lowest BCUT2D eigenvalue weighted by Crippen LogP contribution is -3.00. The van der Waals surface area contributed by atoms with Gasteiger partial charge in [0.05, 0.1) is 51.0 Å². The third-order valence-corrected chi connectivity index (χ3v) is 8.62. The summed E-state index contributed by atoms with van der Waals surface area (Å²) in [4.78, 5) is 39.9. The molecule has 12 heteroatoms. The molecule has 0 spiro atoms. The molecule has 2 aliphatic carbocycles. The molecule has 6 atom stereocenters. The van der Waals surface area contributed by atoms with Crippen LogP contribution in [0.1, 0.15) is 75.8 Å². The molecule has 1 heterocycles. The van der Waals surface area contributed by atoms with E-state index in [9.17, 15) is 34.8 Å². The van der Waals surface area contributed by atoms with Crippen molar-refractivity contribution in [3.63, 3.8) is 0 Å². The number of ketones is 3. The fourth-order valence-corrected chi connectivity index (χ4v) is 6.74. The van der Waals surface area contributed by atoms with Crippen molar-refractivity contribution >= 4 is 17.3 Å². The number of aromatic hydroxyl groups is 2. The fraction of sp³-hybridized carbons (Fsp3) is 0.500. The average Bonchev–Trinajstić information content (AvgIpc) is 2.87. The van der Waals surface area contributed by atoms with Gasteiger partial charge in [0, 0.05) is 36.0 Å². The molecule has 0 saturated carbocycles. The number of hydrogen-bond acceptors (Lipinski definition) is 10. The van der Waals surface area contributed by atoms with Gasteiger partial charge in [-0.25, -0.2) is 0 Å². The van der Waals surface area contributed by atoms with Crippen LogP contribution in [0.15, 0.2) is 18.2 Å². The van der Waals surface area contributed by atoms with Crippen LogP contribution in [0.4, 0.5) is 0 Å². The van der Waals surface area contributed by atoms with E-state index in [1.54, 1.807) is 0 Å². The molecule has 0 unspecified atom stereocenters. The fourth-order valence-electron chi connectivity index (χ4n) is 6.74. The summed E-state index contributed by atoms with van der Waals surface area (Å²) < 4.78 is 18.1. The molecule has 11 nitrogen and oxygen atoms in total. The predicted octanol–water partition coefficient (Wildman–Crippen LogP) is -1.22. The van der Waals surface area contributed by atoms with Gasteiger partial charge in [0.1, 0.15) is 41.1 Å². The summed E-state index contributed by atoms with van der Waals surface area (Å²) in [5, 5.41) is 45.3. The van der Waals surface area contributed by atoms with Gasteiger partial charge in [-0.2, -0.15) is 0 Å². The van der Waals surface area contributed by atoms with Gasteiger partial charge in [-0.05, 0) is 19.9 Å². The monoisotopic (exact) mass is 697 g/mol. The number of halogens is 1. The van der Waals surface area contributed by atoms with Crippen LogP contribution in [-0.2, 0) is 20.7 Å². The molecule has 2 aromatic carbocycles. The van der Waals surface area contributed by atoms with E-state index >= 15 is 0 Å². The summed E-state index contributed by atoms with van der Waals surface area (Å²) in [6.45, 7) is 3.01. The van der Waals surface area contributed by atoms with Crippen LogP contribution in [0.25, 0.3) is 0 Å². The Morgan fingerprint density at radius 2 is 1.71 bits per heavy atom. The second-order valence-electron chi connectivity index (χ2n) is 12.2. The zero-order valence-corrected chi connectivity index (χ0v) is 26.5. The highest BCUT2D eigenvalue weighted by molar-refractivity contribution is 6.31. The van der Waals surface area contributed by atoms with Crippen LogP contribution in [0.3, 0.4) is 0 Å². The van der Waals surface area contributed by atoms with Crippen LogP contribution in [0, 0.1) is 0 Å². The van der Waals surface area contributed by atoms with E-state index in [4.69, 9.17) is 14.2 Å². The molecule has 2 aromatic rings.